The molecule has 21 heavy (non-hydrogen) atoms. The number of phenols is 1. The van der Waals surface area contributed by atoms with Crippen LogP contribution in [0.15, 0.2) is 60.2 Å². The van der Waals surface area contributed by atoms with E-state index in [0.717, 1.165) is 5.56 Å². The molecule has 0 aliphatic carbocycles. The zero-order chi connectivity index (χ0) is 15.1. The van der Waals surface area contributed by atoms with E-state index in [4.69, 9.17) is 5.26 Å². The zero-order valence-electron chi connectivity index (χ0n) is 11.3. The minimum absolute atomic E-state index is 0.0246. The van der Waals surface area contributed by atoms with Gasteiger partial charge < -0.3 is 10.4 Å². The second kappa shape index (κ2) is 6.92. The van der Waals surface area contributed by atoms with Gasteiger partial charge in [-0.15, -0.1) is 0 Å². The number of nitrogens with zero attached hydrogens (tertiary/aromatic N) is 1. The third kappa shape index (κ3) is 4.22. The molecule has 0 atom stereocenters. The lowest BCUT2D eigenvalue weighted by molar-refractivity contribution is -0.117. The van der Waals surface area contributed by atoms with E-state index in [2.05, 4.69) is 5.32 Å². The Kier molecular flexibility index (Phi) is 4.73. The minimum atomic E-state index is -0.422. The summed E-state index contributed by atoms with van der Waals surface area (Å²) in [6.45, 7) is 0.369. The number of aromatic hydroxyl groups is 1. The van der Waals surface area contributed by atoms with Crippen molar-refractivity contribution in [2.24, 2.45) is 0 Å². The molecule has 0 aliphatic rings. The first-order valence-corrected chi connectivity index (χ1v) is 6.42. The molecule has 4 nitrogen and oxygen atoms in total. The Morgan fingerprint density at radius 1 is 1.14 bits per heavy atom. The Morgan fingerprint density at radius 3 is 2.43 bits per heavy atom. The molecule has 0 spiro atoms. The molecular weight excluding hydrogens is 264 g/mol. The first-order chi connectivity index (χ1) is 10.2. The topological polar surface area (TPSA) is 73.1 Å². The van der Waals surface area contributed by atoms with Crippen molar-refractivity contribution in [2.75, 3.05) is 0 Å². The second-order valence-corrected chi connectivity index (χ2v) is 4.43. The monoisotopic (exact) mass is 278 g/mol. The summed E-state index contributed by atoms with van der Waals surface area (Å²) in [5, 5.41) is 21.0. The summed E-state index contributed by atoms with van der Waals surface area (Å²) in [5.74, 6) is -0.284. The van der Waals surface area contributed by atoms with Crippen LogP contribution in [0.1, 0.15) is 11.1 Å². The van der Waals surface area contributed by atoms with Crippen LogP contribution in [-0.4, -0.2) is 11.0 Å². The van der Waals surface area contributed by atoms with E-state index in [-0.39, 0.29) is 11.3 Å². The minimum Gasteiger partial charge on any atom is -0.508 e. The van der Waals surface area contributed by atoms with E-state index in [9.17, 15) is 9.90 Å². The number of rotatable bonds is 4. The molecule has 0 unspecified atom stereocenters. The molecule has 1 amide bonds. The van der Waals surface area contributed by atoms with Crippen LogP contribution in [0.3, 0.4) is 0 Å². The number of amides is 1. The molecule has 0 fully saturated rings. The fraction of sp³-hybridized carbons (Fsp3) is 0.0588. The zero-order valence-corrected chi connectivity index (χ0v) is 11.3. The van der Waals surface area contributed by atoms with Crippen LogP contribution in [-0.2, 0) is 11.3 Å². The van der Waals surface area contributed by atoms with E-state index in [1.165, 1.54) is 18.2 Å². The molecule has 0 saturated carbocycles. The van der Waals surface area contributed by atoms with Gasteiger partial charge in [-0.1, -0.05) is 42.5 Å². The van der Waals surface area contributed by atoms with Crippen molar-refractivity contribution in [1.29, 1.82) is 5.26 Å². The first-order valence-electron chi connectivity index (χ1n) is 6.42. The molecule has 0 bridgehead atoms. The van der Waals surface area contributed by atoms with Gasteiger partial charge in [-0.2, -0.15) is 5.26 Å². The average Bonchev–Trinajstić information content (AvgIpc) is 2.53. The van der Waals surface area contributed by atoms with Crippen molar-refractivity contribution < 1.29 is 9.90 Å². The van der Waals surface area contributed by atoms with Gasteiger partial charge in [0.05, 0.1) is 0 Å². The number of benzene rings is 2. The molecule has 0 radical (unpaired) electrons. The maximum atomic E-state index is 12.0. The highest BCUT2D eigenvalue weighted by Crippen LogP contribution is 2.12. The normalized spacial score (nSPS) is 10.7. The highest BCUT2D eigenvalue weighted by Gasteiger charge is 2.08. The average molecular weight is 278 g/mol. The highest BCUT2D eigenvalue weighted by molar-refractivity contribution is 6.01. The van der Waals surface area contributed by atoms with Gasteiger partial charge in [0.2, 0.25) is 0 Å². The SMILES string of the molecule is N#C/C(=C/c1ccc(O)cc1)C(=O)NCc1ccccc1. The van der Waals surface area contributed by atoms with Crippen molar-refractivity contribution >= 4 is 12.0 Å². The van der Waals surface area contributed by atoms with E-state index in [0.29, 0.717) is 12.1 Å². The van der Waals surface area contributed by atoms with Gasteiger partial charge in [0.1, 0.15) is 17.4 Å². The molecule has 4 heteroatoms. The Balaban J connectivity index is 2.05. The van der Waals surface area contributed by atoms with Gasteiger partial charge in [-0.05, 0) is 29.3 Å². The van der Waals surface area contributed by atoms with Gasteiger partial charge in [-0.3, -0.25) is 4.79 Å². The molecule has 2 N–H and O–H groups in total. The predicted molar refractivity (Wildman–Crippen MR) is 80.0 cm³/mol. The number of hydrogen-bond donors (Lipinski definition) is 2. The van der Waals surface area contributed by atoms with E-state index >= 15 is 0 Å². The smallest absolute Gasteiger partial charge is 0.262 e. The molecule has 0 aromatic heterocycles. The molecule has 2 rings (SSSR count). The molecule has 0 saturated heterocycles. The van der Waals surface area contributed by atoms with Gasteiger partial charge in [0, 0.05) is 6.54 Å². The predicted octanol–water partition coefficient (Wildman–Crippen LogP) is 2.62. The number of nitrogens with one attached hydrogen (secondary N) is 1. The lowest BCUT2D eigenvalue weighted by Gasteiger charge is -2.04. The fourth-order valence-corrected chi connectivity index (χ4v) is 1.76. The van der Waals surface area contributed by atoms with Crippen LogP contribution in [0.4, 0.5) is 0 Å². The number of carbonyl (C=O) groups excluding carboxylic acids is 1. The Hall–Kier alpha value is -3.06. The number of nitriles is 1. The number of phenolic OH excluding ortho intramolecular Hbond substituents is 1. The molecule has 2 aromatic rings. The maximum absolute atomic E-state index is 12.0. The number of carbonyl (C=O) groups is 1. The first kappa shape index (κ1) is 14.4. The van der Waals surface area contributed by atoms with Crippen molar-refractivity contribution in [3.8, 4) is 11.8 Å². The van der Waals surface area contributed by atoms with Gasteiger partial charge >= 0.3 is 0 Å². The van der Waals surface area contributed by atoms with Crippen LogP contribution in [0, 0.1) is 11.3 Å². The Morgan fingerprint density at radius 2 is 1.81 bits per heavy atom. The van der Waals surface area contributed by atoms with Crippen molar-refractivity contribution in [3.63, 3.8) is 0 Å². The van der Waals surface area contributed by atoms with Crippen LogP contribution in [0.2, 0.25) is 0 Å². The maximum Gasteiger partial charge on any atom is 0.262 e. The van der Waals surface area contributed by atoms with Crippen LogP contribution >= 0.6 is 0 Å². The van der Waals surface area contributed by atoms with E-state index in [1.807, 2.05) is 36.4 Å². The lowest BCUT2D eigenvalue weighted by Crippen LogP contribution is -2.23. The Labute approximate surface area is 123 Å². The summed E-state index contributed by atoms with van der Waals surface area (Å²) in [7, 11) is 0. The summed E-state index contributed by atoms with van der Waals surface area (Å²) in [6, 6.07) is 17.6. The fourth-order valence-electron chi connectivity index (χ4n) is 1.76. The molecule has 0 aliphatic heterocycles. The molecule has 2 aromatic carbocycles. The third-order valence-electron chi connectivity index (χ3n) is 2.87. The summed E-state index contributed by atoms with van der Waals surface area (Å²) < 4.78 is 0. The van der Waals surface area contributed by atoms with Crippen molar-refractivity contribution in [1.82, 2.24) is 5.32 Å². The van der Waals surface area contributed by atoms with Crippen molar-refractivity contribution in [3.05, 3.63) is 71.3 Å². The molecule has 104 valence electrons. The highest BCUT2D eigenvalue weighted by atomic mass is 16.3. The molecular formula is C17H14N2O2. The van der Waals surface area contributed by atoms with Gasteiger partial charge in [0.15, 0.2) is 0 Å². The van der Waals surface area contributed by atoms with Crippen molar-refractivity contribution in [2.45, 2.75) is 6.54 Å². The van der Waals surface area contributed by atoms with Crippen LogP contribution in [0.25, 0.3) is 6.08 Å². The number of hydrogen-bond acceptors (Lipinski definition) is 3. The third-order valence-corrected chi connectivity index (χ3v) is 2.87. The lowest BCUT2D eigenvalue weighted by atomic mass is 10.1. The van der Waals surface area contributed by atoms with Gasteiger partial charge in [-0.25, -0.2) is 0 Å². The summed E-state index contributed by atoms with van der Waals surface area (Å²) in [4.78, 5) is 12.0. The molecule has 0 heterocycles. The summed E-state index contributed by atoms with van der Waals surface area (Å²) in [6.07, 6.45) is 1.49. The van der Waals surface area contributed by atoms with Crippen LogP contribution in [0.5, 0.6) is 5.75 Å². The summed E-state index contributed by atoms with van der Waals surface area (Å²) >= 11 is 0. The second-order valence-electron chi connectivity index (χ2n) is 4.43. The Bertz CT molecular complexity index is 683. The van der Waals surface area contributed by atoms with Gasteiger partial charge in [0.25, 0.3) is 5.91 Å². The quantitative estimate of drug-likeness (QED) is 0.667. The summed E-state index contributed by atoms with van der Waals surface area (Å²) in [5.41, 5.74) is 1.67. The van der Waals surface area contributed by atoms with E-state index < -0.39 is 5.91 Å². The largest absolute Gasteiger partial charge is 0.508 e. The van der Waals surface area contributed by atoms with Crippen LogP contribution < -0.4 is 5.32 Å². The standard InChI is InChI=1S/C17H14N2O2/c18-11-15(10-13-6-8-16(20)9-7-13)17(21)19-12-14-4-2-1-3-5-14/h1-10,20H,12H2,(H,19,21)/b15-10-. The van der Waals surface area contributed by atoms with E-state index in [1.54, 1.807) is 12.1 Å².